The van der Waals surface area contributed by atoms with Gasteiger partial charge in [-0.3, -0.25) is 4.90 Å². The molecular formula is C14H18N2O2. The van der Waals surface area contributed by atoms with Gasteiger partial charge in [0, 0.05) is 32.7 Å². The van der Waals surface area contributed by atoms with Crippen LogP contribution < -0.4 is 0 Å². The van der Waals surface area contributed by atoms with Crippen molar-refractivity contribution in [2.75, 3.05) is 26.2 Å². The lowest BCUT2D eigenvalue weighted by Crippen LogP contribution is -2.31. The molecule has 4 nitrogen and oxygen atoms in total. The minimum atomic E-state index is -0.765. The molecule has 1 N–H and O–H groups in total. The summed E-state index contributed by atoms with van der Waals surface area (Å²) in [6.07, 6.45) is -0.765. The standard InChI is InChI=1S/C14H18N2O2/c17-14(18)16-9-12-7-15(8-13(12)10-16)6-11-4-2-1-3-5-11/h1-5,12-13H,6-10H2,(H,17,18). The Morgan fingerprint density at radius 1 is 1.11 bits per heavy atom. The molecule has 1 aromatic carbocycles. The van der Waals surface area contributed by atoms with Gasteiger partial charge in [0.1, 0.15) is 0 Å². The van der Waals surface area contributed by atoms with Gasteiger partial charge in [-0.25, -0.2) is 4.79 Å². The summed E-state index contributed by atoms with van der Waals surface area (Å²) in [7, 11) is 0. The number of amides is 1. The van der Waals surface area contributed by atoms with Crippen LogP contribution in [0.25, 0.3) is 0 Å². The molecule has 0 aromatic heterocycles. The van der Waals surface area contributed by atoms with E-state index in [1.807, 2.05) is 6.07 Å². The molecule has 0 spiro atoms. The van der Waals surface area contributed by atoms with Crippen molar-refractivity contribution in [3.8, 4) is 0 Å². The van der Waals surface area contributed by atoms with Crippen LogP contribution in [-0.2, 0) is 6.54 Å². The Hall–Kier alpha value is -1.55. The number of nitrogens with zero attached hydrogens (tertiary/aromatic N) is 2. The lowest BCUT2D eigenvalue weighted by atomic mass is 10.0. The summed E-state index contributed by atoms with van der Waals surface area (Å²) in [4.78, 5) is 14.9. The molecule has 96 valence electrons. The van der Waals surface area contributed by atoms with E-state index in [1.54, 1.807) is 4.90 Å². The molecule has 0 bridgehead atoms. The lowest BCUT2D eigenvalue weighted by Gasteiger charge is -2.19. The maximum atomic E-state index is 10.9. The molecule has 2 fully saturated rings. The quantitative estimate of drug-likeness (QED) is 0.864. The van der Waals surface area contributed by atoms with Gasteiger partial charge in [0.25, 0.3) is 0 Å². The van der Waals surface area contributed by atoms with E-state index in [-0.39, 0.29) is 0 Å². The van der Waals surface area contributed by atoms with Gasteiger partial charge in [-0.05, 0) is 17.4 Å². The van der Waals surface area contributed by atoms with Crippen molar-refractivity contribution in [1.82, 2.24) is 9.80 Å². The van der Waals surface area contributed by atoms with Crippen molar-refractivity contribution >= 4 is 6.09 Å². The number of benzene rings is 1. The Morgan fingerprint density at radius 2 is 1.72 bits per heavy atom. The van der Waals surface area contributed by atoms with Gasteiger partial charge in [0.05, 0.1) is 0 Å². The molecule has 18 heavy (non-hydrogen) atoms. The molecule has 1 amide bonds. The van der Waals surface area contributed by atoms with Crippen LogP contribution in [0.4, 0.5) is 4.79 Å². The first-order valence-corrected chi connectivity index (χ1v) is 6.46. The molecule has 1 aromatic rings. The van der Waals surface area contributed by atoms with Crippen molar-refractivity contribution in [2.45, 2.75) is 6.54 Å². The number of rotatable bonds is 2. The predicted molar refractivity (Wildman–Crippen MR) is 68.3 cm³/mol. The monoisotopic (exact) mass is 246 g/mol. The average Bonchev–Trinajstić information content (AvgIpc) is 2.88. The number of likely N-dealkylation sites (tertiary alicyclic amines) is 2. The SMILES string of the molecule is O=C(O)N1CC2CN(Cc3ccccc3)CC2C1. The highest BCUT2D eigenvalue weighted by molar-refractivity contribution is 5.65. The Morgan fingerprint density at radius 3 is 2.28 bits per heavy atom. The van der Waals surface area contributed by atoms with E-state index in [2.05, 4.69) is 29.2 Å². The first-order valence-electron chi connectivity index (χ1n) is 6.46. The summed E-state index contributed by atoms with van der Waals surface area (Å²) in [5, 5.41) is 8.98. The second-order valence-electron chi connectivity index (χ2n) is 5.39. The number of carboxylic acid groups (broad SMARTS) is 1. The van der Waals surface area contributed by atoms with Gasteiger partial charge in [-0.2, -0.15) is 0 Å². The van der Waals surface area contributed by atoms with Gasteiger partial charge < -0.3 is 10.0 Å². The summed E-state index contributed by atoms with van der Waals surface area (Å²) >= 11 is 0. The van der Waals surface area contributed by atoms with Crippen molar-refractivity contribution in [3.05, 3.63) is 35.9 Å². The van der Waals surface area contributed by atoms with Crippen molar-refractivity contribution < 1.29 is 9.90 Å². The summed E-state index contributed by atoms with van der Waals surface area (Å²) in [5.74, 6) is 1.06. The highest BCUT2D eigenvalue weighted by Crippen LogP contribution is 2.31. The van der Waals surface area contributed by atoms with Crippen LogP contribution >= 0.6 is 0 Å². The van der Waals surface area contributed by atoms with Crippen LogP contribution in [-0.4, -0.2) is 47.2 Å². The van der Waals surface area contributed by atoms with Crippen molar-refractivity contribution in [2.24, 2.45) is 11.8 Å². The van der Waals surface area contributed by atoms with Gasteiger partial charge in [0.2, 0.25) is 0 Å². The molecule has 0 aliphatic carbocycles. The summed E-state index contributed by atoms with van der Waals surface area (Å²) in [6, 6.07) is 10.5. The molecule has 2 heterocycles. The van der Waals surface area contributed by atoms with E-state index in [4.69, 9.17) is 5.11 Å². The predicted octanol–water partition coefficient (Wildman–Crippen LogP) is 1.73. The molecule has 0 radical (unpaired) electrons. The minimum Gasteiger partial charge on any atom is -0.465 e. The molecule has 2 aliphatic heterocycles. The van der Waals surface area contributed by atoms with Crippen LogP contribution in [0.3, 0.4) is 0 Å². The van der Waals surface area contributed by atoms with Crippen molar-refractivity contribution in [3.63, 3.8) is 0 Å². The van der Waals surface area contributed by atoms with E-state index in [0.29, 0.717) is 24.9 Å². The highest BCUT2D eigenvalue weighted by Gasteiger charge is 2.41. The molecule has 2 saturated heterocycles. The van der Waals surface area contributed by atoms with E-state index < -0.39 is 6.09 Å². The maximum Gasteiger partial charge on any atom is 0.407 e. The highest BCUT2D eigenvalue weighted by atomic mass is 16.4. The molecule has 0 saturated carbocycles. The van der Waals surface area contributed by atoms with Gasteiger partial charge in [-0.1, -0.05) is 30.3 Å². The van der Waals surface area contributed by atoms with Crippen molar-refractivity contribution in [1.29, 1.82) is 0 Å². The fraction of sp³-hybridized carbons (Fsp3) is 0.500. The number of hydrogen-bond acceptors (Lipinski definition) is 2. The third-order valence-electron chi connectivity index (χ3n) is 4.08. The number of hydrogen-bond donors (Lipinski definition) is 1. The van der Waals surface area contributed by atoms with E-state index >= 15 is 0 Å². The zero-order chi connectivity index (χ0) is 12.5. The molecular weight excluding hydrogens is 228 g/mol. The number of fused-ring (bicyclic) bond motifs is 1. The largest absolute Gasteiger partial charge is 0.465 e. The van der Waals surface area contributed by atoms with E-state index in [0.717, 1.165) is 19.6 Å². The van der Waals surface area contributed by atoms with Crippen LogP contribution in [0.2, 0.25) is 0 Å². The summed E-state index contributed by atoms with van der Waals surface area (Å²) in [5.41, 5.74) is 1.34. The van der Waals surface area contributed by atoms with E-state index in [1.165, 1.54) is 5.56 Å². The first kappa shape index (κ1) is 11.5. The zero-order valence-electron chi connectivity index (χ0n) is 10.3. The third-order valence-corrected chi connectivity index (χ3v) is 4.08. The van der Waals surface area contributed by atoms with Crippen LogP contribution in [0.1, 0.15) is 5.56 Å². The Balaban J connectivity index is 1.57. The second-order valence-corrected chi connectivity index (χ2v) is 5.39. The fourth-order valence-electron chi connectivity index (χ4n) is 3.22. The van der Waals surface area contributed by atoms with Crippen LogP contribution in [0.15, 0.2) is 30.3 Å². The number of carbonyl (C=O) groups is 1. The van der Waals surface area contributed by atoms with Crippen LogP contribution in [0, 0.1) is 11.8 Å². The summed E-state index contributed by atoms with van der Waals surface area (Å²) < 4.78 is 0. The Kier molecular flexibility index (Phi) is 2.96. The topological polar surface area (TPSA) is 43.8 Å². The second kappa shape index (κ2) is 4.61. The molecule has 2 atom stereocenters. The molecule has 4 heteroatoms. The lowest BCUT2D eigenvalue weighted by molar-refractivity contribution is 0.148. The normalized spacial score (nSPS) is 27.4. The zero-order valence-corrected chi connectivity index (χ0v) is 10.3. The third kappa shape index (κ3) is 2.20. The first-order chi connectivity index (χ1) is 8.72. The van der Waals surface area contributed by atoms with Gasteiger partial charge in [0.15, 0.2) is 0 Å². The van der Waals surface area contributed by atoms with Gasteiger partial charge in [-0.15, -0.1) is 0 Å². The molecule has 2 unspecified atom stereocenters. The molecule has 3 rings (SSSR count). The Labute approximate surface area is 107 Å². The van der Waals surface area contributed by atoms with Gasteiger partial charge >= 0.3 is 6.09 Å². The molecule has 2 aliphatic rings. The fourth-order valence-corrected chi connectivity index (χ4v) is 3.22. The van der Waals surface area contributed by atoms with E-state index in [9.17, 15) is 4.79 Å². The minimum absolute atomic E-state index is 0.532. The average molecular weight is 246 g/mol. The smallest absolute Gasteiger partial charge is 0.407 e. The summed E-state index contributed by atoms with van der Waals surface area (Å²) in [6.45, 7) is 4.48. The Bertz CT molecular complexity index is 421. The maximum absolute atomic E-state index is 10.9. The van der Waals surface area contributed by atoms with Crippen LogP contribution in [0.5, 0.6) is 0 Å².